The highest BCUT2D eigenvalue weighted by atomic mass is 16.4. The van der Waals surface area contributed by atoms with Crippen LogP contribution in [0, 0.1) is 11.8 Å². The first kappa shape index (κ1) is 17.0. The highest BCUT2D eigenvalue weighted by molar-refractivity contribution is 5.78. The van der Waals surface area contributed by atoms with Gasteiger partial charge in [-0.05, 0) is 38.1 Å². The van der Waals surface area contributed by atoms with E-state index in [9.17, 15) is 14.7 Å². The average molecular weight is 284 g/mol. The molecule has 0 bridgehead atoms. The molecule has 5 nitrogen and oxygen atoms in total. The number of carboxylic acids is 1. The molecule has 0 aromatic carbocycles. The van der Waals surface area contributed by atoms with Crippen molar-refractivity contribution in [1.82, 2.24) is 5.32 Å². The first-order valence-electron chi connectivity index (χ1n) is 7.76. The first-order chi connectivity index (χ1) is 9.54. The summed E-state index contributed by atoms with van der Waals surface area (Å²) in [5, 5.41) is 12.2. The molecule has 0 aromatic heterocycles. The number of nitrogens with one attached hydrogen (secondary N) is 1. The Labute approximate surface area is 121 Å². The third-order valence-electron chi connectivity index (χ3n) is 4.20. The Bertz CT molecular complexity index is 320. The highest BCUT2D eigenvalue weighted by Crippen LogP contribution is 2.24. The lowest BCUT2D eigenvalue weighted by atomic mass is 9.94. The van der Waals surface area contributed by atoms with Crippen LogP contribution in [0.1, 0.15) is 58.3 Å². The van der Waals surface area contributed by atoms with Gasteiger partial charge in [0.1, 0.15) is 0 Å². The Kier molecular flexibility index (Phi) is 7.59. The van der Waals surface area contributed by atoms with E-state index in [0.717, 1.165) is 38.5 Å². The fourth-order valence-corrected chi connectivity index (χ4v) is 2.86. The predicted octanol–water partition coefficient (Wildman–Crippen LogP) is 1.90. The van der Waals surface area contributed by atoms with Crippen LogP contribution in [0.5, 0.6) is 0 Å². The van der Waals surface area contributed by atoms with E-state index in [2.05, 4.69) is 12.2 Å². The molecule has 5 heteroatoms. The van der Waals surface area contributed by atoms with Crippen LogP contribution in [0.3, 0.4) is 0 Å². The summed E-state index contributed by atoms with van der Waals surface area (Å²) < 4.78 is 0. The number of rotatable bonds is 7. The Balaban J connectivity index is 2.42. The van der Waals surface area contributed by atoms with Crippen LogP contribution >= 0.6 is 0 Å². The lowest BCUT2D eigenvalue weighted by Gasteiger charge is -2.23. The number of carboxylic acid groups (broad SMARTS) is 1. The maximum Gasteiger partial charge on any atom is 0.308 e. The van der Waals surface area contributed by atoms with Crippen molar-refractivity contribution in [1.29, 1.82) is 0 Å². The van der Waals surface area contributed by atoms with Gasteiger partial charge in [0, 0.05) is 12.5 Å². The molecule has 116 valence electrons. The first-order valence-corrected chi connectivity index (χ1v) is 7.76. The summed E-state index contributed by atoms with van der Waals surface area (Å²) in [6, 6.07) is -0.202. The molecule has 0 aliphatic heterocycles. The zero-order chi connectivity index (χ0) is 15.0. The largest absolute Gasteiger partial charge is 0.481 e. The van der Waals surface area contributed by atoms with Crippen LogP contribution in [0.15, 0.2) is 0 Å². The van der Waals surface area contributed by atoms with Gasteiger partial charge in [-0.15, -0.1) is 0 Å². The van der Waals surface area contributed by atoms with E-state index in [4.69, 9.17) is 5.73 Å². The van der Waals surface area contributed by atoms with Gasteiger partial charge < -0.3 is 16.2 Å². The van der Waals surface area contributed by atoms with Gasteiger partial charge in [-0.2, -0.15) is 0 Å². The van der Waals surface area contributed by atoms with Crippen LogP contribution in [0.25, 0.3) is 0 Å². The van der Waals surface area contributed by atoms with Crippen molar-refractivity contribution in [2.45, 2.75) is 64.3 Å². The van der Waals surface area contributed by atoms with Gasteiger partial charge in [0.2, 0.25) is 5.91 Å². The van der Waals surface area contributed by atoms with Gasteiger partial charge in [0.25, 0.3) is 0 Å². The van der Waals surface area contributed by atoms with Crippen molar-refractivity contribution < 1.29 is 14.7 Å². The van der Waals surface area contributed by atoms with Crippen molar-refractivity contribution in [2.75, 3.05) is 6.54 Å². The number of hydrogen-bond donors (Lipinski definition) is 3. The quantitative estimate of drug-likeness (QED) is 0.623. The molecule has 1 aliphatic carbocycles. The molecule has 4 N–H and O–H groups in total. The molecule has 1 amide bonds. The monoisotopic (exact) mass is 284 g/mol. The molecule has 0 heterocycles. The highest BCUT2D eigenvalue weighted by Gasteiger charge is 2.30. The fraction of sp³-hybridized carbons (Fsp3) is 0.867. The van der Waals surface area contributed by atoms with E-state index in [0.29, 0.717) is 25.3 Å². The smallest absolute Gasteiger partial charge is 0.308 e. The van der Waals surface area contributed by atoms with Gasteiger partial charge in [-0.3, -0.25) is 9.59 Å². The molecule has 1 rings (SSSR count). The number of hydrogen-bond acceptors (Lipinski definition) is 3. The molecule has 0 aromatic rings. The van der Waals surface area contributed by atoms with E-state index in [-0.39, 0.29) is 11.9 Å². The van der Waals surface area contributed by atoms with Crippen molar-refractivity contribution >= 4 is 11.9 Å². The van der Waals surface area contributed by atoms with Crippen molar-refractivity contribution in [2.24, 2.45) is 17.6 Å². The van der Waals surface area contributed by atoms with Crippen LogP contribution in [0.4, 0.5) is 0 Å². The van der Waals surface area contributed by atoms with E-state index in [1.165, 1.54) is 0 Å². The summed E-state index contributed by atoms with van der Waals surface area (Å²) in [4.78, 5) is 23.3. The SMILES string of the molecule is CC(CCN)CCC(=O)NC1CCCCCC1C(=O)O. The zero-order valence-electron chi connectivity index (χ0n) is 12.4. The minimum Gasteiger partial charge on any atom is -0.481 e. The summed E-state index contributed by atoms with van der Waals surface area (Å²) >= 11 is 0. The van der Waals surface area contributed by atoms with Gasteiger partial charge >= 0.3 is 5.97 Å². The molecule has 20 heavy (non-hydrogen) atoms. The normalized spacial score (nSPS) is 24.7. The summed E-state index contributed by atoms with van der Waals surface area (Å²) in [5.74, 6) is -0.793. The molecular weight excluding hydrogens is 256 g/mol. The van der Waals surface area contributed by atoms with Gasteiger partial charge in [-0.25, -0.2) is 0 Å². The molecule has 3 unspecified atom stereocenters. The van der Waals surface area contributed by atoms with Crippen LogP contribution in [-0.2, 0) is 9.59 Å². The van der Waals surface area contributed by atoms with E-state index in [1.54, 1.807) is 0 Å². The average Bonchev–Trinajstić information content (AvgIpc) is 2.62. The fourth-order valence-electron chi connectivity index (χ4n) is 2.86. The predicted molar refractivity (Wildman–Crippen MR) is 78.2 cm³/mol. The number of aliphatic carboxylic acids is 1. The van der Waals surface area contributed by atoms with Crippen molar-refractivity contribution in [3.8, 4) is 0 Å². The Morgan fingerprint density at radius 1 is 1.25 bits per heavy atom. The molecule has 1 saturated carbocycles. The van der Waals surface area contributed by atoms with Crippen LogP contribution in [0.2, 0.25) is 0 Å². The second-order valence-corrected chi connectivity index (χ2v) is 5.98. The van der Waals surface area contributed by atoms with Gasteiger partial charge in [0.05, 0.1) is 5.92 Å². The standard InChI is InChI=1S/C15H28N2O3/c1-11(9-10-16)7-8-14(18)17-13-6-4-2-3-5-12(13)15(19)20/h11-13H,2-10,16H2,1H3,(H,17,18)(H,19,20). The molecule has 1 aliphatic rings. The van der Waals surface area contributed by atoms with Gasteiger partial charge in [0.15, 0.2) is 0 Å². The topological polar surface area (TPSA) is 92.4 Å². The summed E-state index contributed by atoms with van der Waals surface area (Å²) in [6.07, 6.45) is 6.65. The number of amides is 1. The maximum atomic E-state index is 12.0. The molecular formula is C15H28N2O3. The minimum absolute atomic E-state index is 0.0213. The Morgan fingerprint density at radius 2 is 1.95 bits per heavy atom. The minimum atomic E-state index is -0.784. The number of carbonyl (C=O) groups excluding carboxylic acids is 1. The molecule has 0 radical (unpaired) electrons. The van der Waals surface area contributed by atoms with Gasteiger partial charge in [-0.1, -0.05) is 26.2 Å². The second kappa shape index (κ2) is 8.95. The Morgan fingerprint density at radius 3 is 2.60 bits per heavy atom. The van der Waals surface area contributed by atoms with Crippen LogP contribution < -0.4 is 11.1 Å². The van der Waals surface area contributed by atoms with Crippen LogP contribution in [-0.4, -0.2) is 29.6 Å². The summed E-state index contributed by atoms with van der Waals surface area (Å²) in [7, 11) is 0. The lowest BCUT2D eigenvalue weighted by molar-refractivity contribution is -0.143. The zero-order valence-corrected chi connectivity index (χ0v) is 12.4. The molecule has 1 fully saturated rings. The number of carbonyl (C=O) groups is 2. The molecule has 0 saturated heterocycles. The summed E-state index contributed by atoms with van der Waals surface area (Å²) in [5.41, 5.74) is 5.49. The van der Waals surface area contributed by atoms with E-state index < -0.39 is 11.9 Å². The molecule has 3 atom stereocenters. The Hall–Kier alpha value is -1.10. The number of nitrogens with two attached hydrogens (primary N) is 1. The van der Waals surface area contributed by atoms with E-state index in [1.807, 2.05) is 0 Å². The van der Waals surface area contributed by atoms with E-state index >= 15 is 0 Å². The molecule has 0 spiro atoms. The summed E-state index contributed by atoms with van der Waals surface area (Å²) in [6.45, 7) is 2.73. The lowest BCUT2D eigenvalue weighted by Crippen LogP contribution is -2.42. The third-order valence-corrected chi connectivity index (χ3v) is 4.20. The third kappa shape index (κ3) is 5.90. The van der Waals surface area contributed by atoms with Crippen molar-refractivity contribution in [3.63, 3.8) is 0 Å². The van der Waals surface area contributed by atoms with Crippen molar-refractivity contribution in [3.05, 3.63) is 0 Å². The maximum absolute atomic E-state index is 12.0. The second-order valence-electron chi connectivity index (χ2n) is 5.98.